The van der Waals surface area contributed by atoms with Crippen LogP contribution in [0.25, 0.3) is 0 Å². The van der Waals surface area contributed by atoms with Gasteiger partial charge < -0.3 is 14.4 Å². The molecular weight excluding hydrogens is 302 g/mol. The molecule has 0 aliphatic carbocycles. The maximum atomic E-state index is 12.8. The third kappa shape index (κ3) is 4.15. The maximum absolute atomic E-state index is 12.8. The lowest BCUT2D eigenvalue weighted by atomic mass is 10.1. The minimum absolute atomic E-state index is 0.0400. The fraction of sp³-hybridized carbons (Fsp3) is 0.350. The first-order valence-electron chi connectivity index (χ1n) is 8.37. The largest absolute Gasteiger partial charge is 0.490 e. The first kappa shape index (κ1) is 16.5. The summed E-state index contributed by atoms with van der Waals surface area (Å²) in [6.45, 7) is 1.86. The minimum atomic E-state index is -0.0400. The molecule has 0 radical (unpaired) electrons. The second-order valence-corrected chi connectivity index (χ2v) is 6.09. The van der Waals surface area contributed by atoms with Crippen molar-refractivity contribution >= 4 is 5.91 Å². The van der Waals surface area contributed by atoms with Crippen molar-refractivity contribution in [3.05, 3.63) is 65.7 Å². The summed E-state index contributed by atoms with van der Waals surface area (Å²) in [6.07, 6.45) is 2.23. The predicted octanol–water partition coefficient (Wildman–Crippen LogP) is 3.52. The molecule has 24 heavy (non-hydrogen) atoms. The number of carbonyl (C=O) groups excluding carboxylic acids is 1. The lowest BCUT2D eigenvalue weighted by Gasteiger charge is -2.20. The van der Waals surface area contributed by atoms with Gasteiger partial charge in [-0.1, -0.05) is 42.5 Å². The van der Waals surface area contributed by atoms with Crippen molar-refractivity contribution in [3.8, 4) is 5.75 Å². The van der Waals surface area contributed by atoms with Gasteiger partial charge in [0.05, 0.1) is 11.7 Å². The molecule has 4 heteroatoms. The highest BCUT2D eigenvalue weighted by Gasteiger charge is 2.20. The van der Waals surface area contributed by atoms with Crippen molar-refractivity contribution in [2.45, 2.75) is 25.5 Å². The normalized spacial score (nSPS) is 16.8. The molecule has 0 N–H and O–H groups in total. The SMILES string of the molecule is CN(Cc1ccccc1)C(=O)c1ccccc1OC[C@@H]1CCCO1. The Bertz CT molecular complexity index is 666. The third-order valence-corrected chi connectivity index (χ3v) is 4.18. The summed E-state index contributed by atoms with van der Waals surface area (Å²) in [6, 6.07) is 17.4. The summed E-state index contributed by atoms with van der Waals surface area (Å²) < 4.78 is 11.5. The van der Waals surface area contributed by atoms with Crippen molar-refractivity contribution in [3.63, 3.8) is 0 Å². The number of hydrogen-bond donors (Lipinski definition) is 0. The third-order valence-electron chi connectivity index (χ3n) is 4.18. The average Bonchev–Trinajstić information content (AvgIpc) is 3.14. The van der Waals surface area contributed by atoms with E-state index in [1.54, 1.807) is 4.90 Å². The zero-order chi connectivity index (χ0) is 16.8. The highest BCUT2D eigenvalue weighted by molar-refractivity contribution is 5.96. The van der Waals surface area contributed by atoms with Crippen molar-refractivity contribution in [1.82, 2.24) is 4.90 Å². The van der Waals surface area contributed by atoms with Crippen LogP contribution in [0.2, 0.25) is 0 Å². The molecule has 1 atom stereocenters. The van der Waals surface area contributed by atoms with Gasteiger partial charge in [0.25, 0.3) is 5.91 Å². The lowest BCUT2D eigenvalue weighted by Crippen LogP contribution is -2.27. The zero-order valence-corrected chi connectivity index (χ0v) is 14.0. The van der Waals surface area contributed by atoms with Crippen LogP contribution in [0.3, 0.4) is 0 Å². The van der Waals surface area contributed by atoms with E-state index in [1.165, 1.54) is 0 Å². The van der Waals surface area contributed by atoms with E-state index in [9.17, 15) is 4.79 Å². The number of para-hydroxylation sites is 1. The number of benzene rings is 2. The molecule has 3 rings (SSSR count). The quantitative estimate of drug-likeness (QED) is 0.816. The van der Waals surface area contributed by atoms with Crippen molar-refractivity contribution in [2.75, 3.05) is 20.3 Å². The fourth-order valence-electron chi connectivity index (χ4n) is 2.86. The van der Waals surface area contributed by atoms with E-state index < -0.39 is 0 Å². The summed E-state index contributed by atoms with van der Waals surface area (Å²) in [5.74, 6) is 0.583. The van der Waals surface area contributed by atoms with Gasteiger partial charge in [-0.3, -0.25) is 4.79 Å². The first-order valence-corrected chi connectivity index (χ1v) is 8.37. The molecule has 1 amide bonds. The molecule has 1 aliphatic heterocycles. The molecule has 1 aliphatic rings. The molecule has 2 aromatic rings. The highest BCUT2D eigenvalue weighted by Crippen LogP contribution is 2.22. The van der Waals surface area contributed by atoms with Crippen molar-refractivity contribution in [1.29, 1.82) is 0 Å². The molecule has 0 aromatic heterocycles. The van der Waals surface area contributed by atoms with Crippen LogP contribution in [0.4, 0.5) is 0 Å². The number of amides is 1. The molecule has 0 saturated carbocycles. The maximum Gasteiger partial charge on any atom is 0.257 e. The van der Waals surface area contributed by atoms with Crippen LogP contribution in [0, 0.1) is 0 Å². The summed E-state index contributed by atoms with van der Waals surface area (Å²) >= 11 is 0. The Balaban J connectivity index is 1.67. The van der Waals surface area contributed by atoms with Gasteiger partial charge >= 0.3 is 0 Å². The molecule has 0 spiro atoms. The summed E-state index contributed by atoms with van der Waals surface area (Å²) in [5, 5.41) is 0. The van der Waals surface area contributed by atoms with E-state index in [0.717, 1.165) is 25.0 Å². The number of nitrogens with zero attached hydrogens (tertiary/aromatic N) is 1. The van der Waals surface area contributed by atoms with Gasteiger partial charge in [0, 0.05) is 20.2 Å². The second kappa shape index (κ2) is 7.97. The van der Waals surface area contributed by atoms with Crippen LogP contribution >= 0.6 is 0 Å². The van der Waals surface area contributed by atoms with E-state index in [2.05, 4.69) is 0 Å². The summed E-state index contributed by atoms with van der Waals surface area (Å²) in [7, 11) is 1.81. The van der Waals surface area contributed by atoms with Gasteiger partial charge in [-0.25, -0.2) is 0 Å². The molecule has 1 heterocycles. The van der Waals surface area contributed by atoms with Crippen LogP contribution in [0.5, 0.6) is 5.75 Å². The Morgan fingerprint density at radius 1 is 1.17 bits per heavy atom. The van der Waals surface area contributed by atoms with E-state index in [0.29, 0.717) is 24.5 Å². The van der Waals surface area contributed by atoms with Gasteiger partial charge in [-0.15, -0.1) is 0 Å². The molecule has 0 bridgehead atoms. The Morgan fingerprint density at radius 3 is 2.67 bits per heavy atom. The number of carbonyl (C=O) groups is 1. The average molecular weight is 325 g/mol. The summed E-state index contributed by atoms with van der Waals surface area (Å²) in [4.78, 5) is 14.5. The van der Waals surface area contributed by atoms with Gasteiger partial charge in [-0.05, 0) is 30.5 Å². The minimum Gasteiger partial charge on any atom is -0.490 e. The van der Waals surface area contributed by atoms with Crippen LogP contribution in [0.15, 0.2) is 54.6 Å². The topological polar surface area (TPSA) is 38.8 Å². The van der Waals surface area contributed by atoms with Gasteiger partial charge in [0.1, 0.15) is 12.4 Å². The Kier molecular flexibility index (Phi) is 5.49. The molecular formula is C20H23NO3. The highest BCUT2D eigenvalue weighted by atomic mass is 16.5. The number of hydrogen-bond acceptors (Lipinski definition) is 3. The van der Waals surface area contributed by atoms with Crippen LogP contribution < -0.4 is 4.74 Å². The monoisotopic (exact) mass is 325 g/mol. The van der Waals surface area contributed by atoms with Crippen LogP contribution in [-0.2, 0) is 11.3 Å². The zero-order valence-electron chi connectivity index (χ0n) is 14.0. The van der Waals surface area contributed by atoms with E-state index in [-0.39, 0.29) is 12.0 Å². The van der Waals surface area contributed by atoms with Gasteiger partial charge in [0.15, 0.2) is 0 Å². The van der Waals surface area contributed by atoms with Gasteiger partial charge in [0.2, 0.25) is 0 Å². The Hall–Kier alpha value is -2.33. The molecule has 126 valence electrons. The summed E-state index contributed by atoms with van der Waals surface area (Å²) in [5.41, 5.74) is 1.69. The van der Waals surface area contributed by atoms with Crippen molar-refractivity contribution in [2.24, 2.45) is 0 Å². The molecule has 1 saturated heterocycles. The Labute approximate surface area is 143 Å². The number of rotatable bonds is 6. The molecule has 0 unspecified atom stereocenters. The number of ether oxygens (including phenoxy) is 2. The van der Waals surface area contributed by atoms with E-state index in [4.69, 9.17) is 9.47 Å². The lowest BCUT2D eigenvalue weighted by molar-refractivity contribution is 0.0656. The molecule has 4 nitrogen and oxygen atoms in total. The molecule has 2 aromatic carbocycles. The Morgan fingerprint density at radius 2 is 1.92 bits per heavy atom. The fourth-order valence-corrected chi connectivity index (χ4v) is 2.86. The smallest absolute Gasteiger partial charge is 0.257 e. The van der Waals surface area contributed by atoms with Gasteiger partial charge in [-0.2, -0.15) is 0 Å². The van der Waals surface area contributed by atoms with Crippen LogP contribution in [0.1, 0.15) is 28.8 Å². The first-order chi connectivity index (χ1) is 11.7. The van der Waals surface area contributed by atoms with E-state index >= 15 is 0 Å². The predicted molar refractivity (Wildman–Crippen MR) is 93.2 cm³/mol. The van der Waals surface area contributed by atoms with Crippen molar-refractivity contribution < 1.29 is 14.3 Å². The second-order valence-electron chi connectivity index (χ2n) is 6.09. The standard InChI is InChI=1S/C20H23NO3/c1-21(14-16-8-3-2-4-9-16)20(22)18-11-5-6-12-19(18)24-15-17-10-7-13-23-17/h2-6,8-9,11-12,17H,7,10,13-15H2,1H3/t17-/m0/s1. The molecule has 1 fully saturated rings. The van der Waals surface area contributed by atoms with E-state index in [1.807, 2.05) is 61.6 Å². The van der Waals surface area contributed by atoms with Crippen LogP contribution in [-0.4, -0.2) is 37.2 Å².